The number of ether oxygens (including phenoxy) is 2. The number of β-amino-alcohol motifs (C(OH)–C–C–N with tert-alkyl or cyclic N) is 1. The summed E-state index contributed by atoms with van der Waals surface area (Å²) in [6.45, 7) is 3.36. The lowest BCUT2D eigenvalue weighted by Gasteiger charge is -2.34. The topological polar surface area (TPSA) is 88.3 Å². The molecule has 1 aromatic rings. The first-order valence-electron chi connectivity index (χ1n) is 7.30. The molecule has 0 aromatic heterocycles. The Bertz CT molecular complexity index is 472. The molecule has 1 fully saturated rings. The minimum Gasteiger partial charge on any atom is -0.497 e. The molecular weight excluding hydrogens is 286 g/mol. The minimum absolute atomic E-state index is 0.225. The molecule has 2 rings (SSSR count). The van der Waals surface area contributed by atoms with Crippen molar-refractivity contribution in [3.63, 3.8) is 0 Å². The molecule has 7 nitrogen and oxygen atoms in total. The number of rotatable bonds is 6. The van der Waals surface area contributed by atoms with Crippen LogP contribution in [0.2, 0.25) is 0 Å². The number of benzene rings is 1. The van der Waals surface area contributed by atoms with E-state index in [0.717, 1.165) is 5.75 Å². The van der Waals surface area contributed by atoms with Gasteiger partial charge in [-0.25, -0.2) is 4.79 Å². The summed E-state index contributed by atoms with van der Waals surface area (Å²) < 4.78 is 10.6. The summed E-state index contributed by atoms with van der Waals surface area (Å²) >= 11 is 0. The first kappa shape index (κ1) is 16.4. The van der Waals surface area contributed by atoms with Gasteiger partial charge in [-0.3, -0.25) is 4.90 Å². The maximum Gasteiger partial charge on any atom is 0.314 e. The van der Waals surface area contributed by atoms with Crippen molar-refractivity contribution in [2.45, 2.75) is 6.10 Å². The number of carbonyl (C=O) groups is 1. The number of urea groups is 1. The Balaban J connectivity index is 1.69. The van der Waals surface area contributed by atoms with Crippen LogP contribution in [-0.4, -0.2) is 73.5 Å². The predicted molar refractivity (Wildman–Crippen MR) is 82.1 cm³/mol. The van der Waals surface area contributed by atoms with Gasteiger partial charge in [0.1, 0.15) is 24.2 Å². The molecule has 1 saturated heterocycles. The van der Waals surface area contributed by atoms with Crippen molar-refractivity contribution < 1.29 is 19.4 Å². The lowest BCUT2D eigenvalue weighted by atomic mass is 10.2. The molecule has 1 aromatic carbocycles. The fourth-order valence-electron chi connectivity index (χ4n) is 2.37. The Morgan fingerprint density at radius 2 is 1.82 bits per heavy atom. The normalized spacial score (nSPS) is 17.1. The van der Waals surface area contributed by atoms with Crippen LogP contribution in [0.4, 0.5) is 4.79 Å². The van der Waals surface area contributed by atoms with Crippen LogP contribution in [0, 0.1) is 0 Å². The number of amides is 2. The van der Waals surface area contributed by atoms with E-state index in [4.69, 9.17) is 15.2 Å². The number of hydrogen-bond donors (Lipinski definition) is 2. The molecule has 1 atom stereocenters. The van der Waals surface area contributed by atoms with E-state index in [0.29, 0.717) is 38.5 Å². The molecule has 0 bridgehead atoms. The van der Waals surface area contributed by atoms with Crippen LogP contribution in [0.5, 0.6) is 11.5 Å². The first-order valence-corrected chi connectivity index (χ1v) is 7.30. The van der Waals surface area contributed by atoms with Gasteiger partial charge in [-0.2, -0.15) is 0 Å². The molecule has 0 aliphatic carbocycles. The highest BCUT2D eigenvalue weighted by Crippen LogP contribution is 2.17. The summed E-state index contributed by atoms with van der Waals surface area (Å²) in [4.78, 5) is 14.7. The number of aliphatic hydroxyl groups is 1. The zero-order valence-electron chi connectivity index (χ0n) is 12.8. The Kier molecular flexibility index (Phi) is 5.85. The third-order valence-electron chi connectivity index (χ3n) is 3.65. The van der Waals surface area contributed by atoms with Gasteiger partial charge in [-0.1, -0.05) is 0 Å². The largest absolute Gasteiger partial charge is 0.497 e. The van der Waals surface area contributed by atoms with E-state index in [1.54, 1.807) is 24.1 Å². The van der Waals surface area contributed by atoms with E-state index in [1.165, 1.54) is 0 Å². The Morgan fingerprint density at radius 1 is 1.23 bits per heavy atom. The summed E-state index contributed by atoms with van der Waals surface area (Å²) in [6, 6.07) is 6.84. The van der Waals surface area contributed by atoms with Gasteiger partial charge in [-0.05, 0) is 24.3 Å². The highest BCUT2D eigenvalue weighted by Gasteiger charge is 2.21. The van der Waals surface area contributed by atoms with Crippen LogP contribution < -0.4 is 15.2 Å². The Morgan fingerprint density at radius 3 is 2.36 bits per heavy atom. The van der Waals surface area contributed by atoms with Gasteiger partial charge >= 0.3 is 6.03 Å². The fraction of sp³-hybridized carbons (Fsp3) is 0.533. The van der Waals surface area contributed by atoms with Crippen molar-refractivity contribution in [3.8, 4) is 11.5 Å². The molecule has 0 radical (unpaired) electrons. The SMILES string of the molecule is COc1ccc(OCC(O)CN2CCN(C(N)=O)CC2)cc1. The third kappa shape index (κ3) is 4.78. The lowest BCUT2D eigenvalue weighted by Crippen LogP contribution is -2.52. The summed E-state index contributed by atoms with van der Waals surface area (Å²) in [5.74, 6) is 1.46. The van der Waals surface area contributed by atoms with Gasteiger partial charge < -0.3 is 25.2 Å². The van der Waals surface area contributed by atoms with Gasteiger partial charge in [-0.15, -0.1) is 0 Å². The predicted octanol–water partition coefficient (Wildman–Crippen LogP) is 0.131. The molecule has 3 N–H and O–H groups in total. The summed E-state index contributed by atoms with van der Waals surface area (Å²) in [6.07, 6.45) is -0.581. The molecule has 1 heterocycles. The maximum atomic E-state index is 11.0. The van der Waals surface area contributed by atoms with Crippen molar-refractivity contribution in [3.05, 3.63) is 24.3 Å². The second-order valence-electron chi connectivity index (χ2n) is 5.27. The lowest BCUT2D eigenvalue weighted by molar-refractivity contribution is 0.0522. The van der Waals surface area contributed by atoms with E-state index in [1.807, 2.05) is 12.1 Å². The van der Waals surface area contributed by atoms with Gasteiger partial charge in [0.2, 0.25) is 0 Å². The number of nitrogens with zero attached hydrogens (tertiary/aromatic N) is 2. The molecule has 22 heavy (non-hydrogen) atoms. The van der Waals surface area contributed by atoms with Gasteiger partial charge in [0, 0.05) is 32.7 Å². The molecule has 0 spiro atoms. The fourth-order valence-corrected chi connectivity index (χ4v) is 2.37. The maximum absolute atomic E-state index is 11.0. The number of primary amides is 1. The second-order valence-corrected chi connectivity index (χ2v) is 5.27. The average molecular weight is 309 g/mol. The van der Waals surface area contributed by atoms with Crippen LogP contribution in [-0.2, 0) is 0 Å². The molecule has 1 unspecified atom stereocenters. The van der Waals surface area contributed by atoms with E-state index in [2.05, 4.69) is 4.90 Å². The summed E-state index contributed by atoms with van der Waals surface area (Å²) in [5.41, 5.74) is 5.24. The van der Waals surface area contributed by atoms with E-state index in [9.17, 15) is 9.90 Å². The van der Waals surface area contributed by atoms with Gasteiger partial charge in [0.05, 0.1) is 7.11 Å². The number of piperazine rings is 1. The smallest absolute Gasteiger partial charge is 0.314 e. The van der Waals surface area contributed by atoms with Crippen molar-refractivity contribution in [2.75, 3.05) is 46.4 Å². The third-order valence-corrected chi connectivity index (χ3v) is 3.65. The minimum atomic E-state index is -0.581. The van der Waals surface area contributed by atoms with Crippen molar-refractivity contribution in [1.29, 1.82) is 0 Å². The van der Waals surface area contributed by atoms with Crippen molar-refractivity contribution in [2.24, 2.45) is 5.73 Å². The van der Waals surface area contributed by atoms with Crippen LogP contribution in [0.3, 0.4) is 0 Å². The second kappa shape index (κ2) is 7.86. The monoisotopic (exact) mass is 309 g/mol. The quantitative estimate of drug-likeness (QED) is 0.780. The zero-order chi connectivity index (χ0) is 15.9. The van der Waals surface area contributed by atoms with Gasteiger partial charge in [0.25, 0.3) is 0 Å². The molecular formula is C15H23N3O4. The first-order chi connectivity index (χ1) is 10.6. The summed E-state index contributed by atoms with van der Waals surface area (Å²) in [5, 5.41) is 10.0. The van der Waals surface area contributed by atoms with Crippen LogP contribution in [0.1, 0.15) is 0 Å². The Hall–Kier alpha value is -1.99. The molecule has 122 valence electrons. The number of aliphatic hydroxyl groups excluding tert-OH is 1. The van der Waals surface area contributed by atoms with Crippen LogP contribution in [0.25, 0.3) is 0 Å². The molecule has 0 saturated carbocycles. The number of hydrogen-bond acceptors (Lipinski definition) is 5. The van der Waals surface area contributed by atoms with Crippen molar-refractivity contribution in [1.82, 2.24) is 9.80 Å². The number of methoxy groups -OCH3 is 1. The molecule has 7 heteroatoms. The van der Waals surface area contributed by atoms with Crippen LogP contribution >= 0.6 is 0 Å². The Labute approximate surface area is 130 Å². The number of nitrogens with two attached hydrogens (primary N) is 1. The summed E-state index contributed by atoms with van der Waals surface area (Å²) in [7, 11) is 1.61. The highest BCUT2D eigenvalue weighted by atomic mass is 16.5. The standard InChI is InChI=1S/C15H23N3O4/c1-21-13-2-4-14(5-3-13)22-11-12(19)10-17-6-8-18(9-7-17)15(16)20/h2-5,12,19H,6-11H2,1H3,(H2,16,20). The highest BCUT2D eigenvalue weighted by molar-refractivity contribution is 5.72. The van der Waals surface area contributed by atoms with Crippen LogP contribution in [0.15, 0.2) is 24.3 Å². The van der Waals surface area contributed by atoms with Gasteiger partial charge in [0.15, 0.2) is 0 Å². The average Bonchev–Trinajstić information content (AvgIpc) is 2.54. The zero-order valence-corrected chi connectivity index (χ0v) is 12.8. The van der Waals surface area contributed by atoms with Crippen molar-refractivity contribution >= 4 is 6.03 Å². The molecule has 2 amide bonds. The van der Waals surface area contributed by atoms with E-state index in [-0.39, 0.29) is 12.6 Å². The number of carbonyl (C=O) groups excluding carboxylic acids is 1. The molecule has 1 aliphatic rings. The molecule has 1 aliphatic heterocycles. The van der Waals surface area contributed by atoms with E-state index >= 15 is 0 Å². The van der Waals surface area contributed by atoms with E-state index < -0.39 is 6.10 Å².